The van der Waals surface area contributed by atoms with Crippen LogP contribution in [0.1, 0.15) is 38.9 Å². The standard InChI is InChI=1S/C24H17BrN2O3/c1-13-3-8-18-17(11-13)22(28)20-21(15-4-6-16(25)7-5-15)27(24(29)23(20)30-18)19-12-14(2)9-10-26-19/h3-12,21H,1-2H3. The van der Waals surface area contributed by atoms with Gasteiger partial charge in [-0.3, -0.25) is 14.5 Å². The van der Waals surface area contributed by atoms with Crippen molar-refractivity contribution in [3.8, 4) is 0 Å². The zero-order valence-corrected chi connectivity index (χ0v) is 17.9. The van der Waals surface area contributed by atoms with Gasteiger partial charge in [-0.2, -0.15) is 0 Å². The first kappa shape index (κ1) is 18.8. The van der Waals surface area contributed by atoms with Gasteiger partial charge in [-0.25, -0.2) is 4.98 Å². The number of benzene rings is 2. The molecule has 148 valence electrons. The Morgan fingerprint density at radius 3 is 2.43 bits per heavy atom. The van der Waals surface area contributed by atoms with E-state index in [-0.39, 0.29) is 17.1 Å². The molecule has 1 amide bonds. The highest BCUT2D eigenvalue weighted by molar-refractivity contribution is 9.10. The fourth-order valence-electron chi connectivity index (χ4n) is 3.94. The minimum atomic E-state index is -0.615. The number of carbonyl (C=O) groups excluding carboxylic acids is 1. The van der Waals surface area contributed by atoms with E-state index in [4.69, 9.17) is 4.42 Å². The zero-order chi connectivity index (χ0) is 21.0. The molecule has 2 aromatic heterocycles. The van der Waals surface area contributed by atoms with Gasteiger partial charge in [-0.1, -0.05) is 39.7 Å². The Morgan fingerprint density at radius 2 is 1.70 bits per heavy atom. The number of carbonyl (C=O) groups is 1. The summed E-state index contributed by atoms with van der Waals surface area (Å²) in [4.78, 5) is 33.0. The lowest BCUT2D eigenvalue weighted by atomic mass is 9.98. The van der Waals surface area contributed by atoms with Crippen LogP contribution in [0.25, 0.3) is 11.0 Å². The lowest BCUT2D eigenvalue weighted by molar-refractivity contribution is 0.0970. The molecule has 0 saturated carbocycles. The number of hydrogen-bond donors (Lipinski definition) is 0. The van der Waals surface area contributed by atoms with Gasteiger partial charge in [-0.15, -0.1) is 0 Å². The highest BCUT2D eigenvalue weighted by atomic mass is 79.9. The van der Waals surface area contributed by atoms with E-state index in [9.17, 15) is 9.59 Å². The summed E-state index contributed by atoms with van der Waals surface area (Å²) in [5.41, 5.74) is 3.31. The number of halogens is 1. The SMILES string of the molecule is Cc1ccnc(N2C(=O)c3oc4ccc(C)cc4c(=O)c3C2c2ccc(Br)cc2)c1. The van der Waals surface area contributed by atoms with Crippen molar-refractivity contribution in [3.63, 3.8) is 0 Å². The molecular weight excluding hydrogens is 444 g/mol. The van der Waals surface area contributed by atoms with Crippen LogP contribution in [-0.4, -0.2) is 10.9 Å². The Bertz CT molecular complexity index is 1380. The average molecular weight is 461 g/mol. The highest BCUT2D eigenvalue weighted by Gasteiger charge is 2.44. The Labute approximate surface area is 181 Å². The van der Waals surface area contributed by atoms with Gasteiger partial charge in [-0.05, 0) is 61.4 Å². The van der Waals surface area contributed by atoms with Crippen molar-refractivity contribution in [2.75, 3.05) is 4.90 Å². The van der Waals surface area contributed by atoms with Crippen molar-refractivity contribution in [3.05, 3.63) is 104 Å². The molecule has 1 unspecified atom stereocenters. The fraction of sp³-hybridized carbons (Fsp3) is 0.125. The van der Waals surface area contributed by atoms with Crippen LogP contribution in [0.15, 0.2) is 74.5 Å². The van der Waals surface area contributed by atoms with E-state index in [0.29, 0.717) is 22.4 Å². The molecule has 0 radical (unpaired) electrons. The summed E-state index contributed by atoms with van der Waals surface area (Å²) < 4.78 is 6.90. The first-order chi connectivity index (χ1) is 14.4. The largest absolute Gasteiger partial charge is 0.450 e. The smallest absolute Gasteiger partial charge is 0.296 e. The van der Waals surface area contributed by atoms with Crippen LogP contribution in [0.3, 0.4) is 0 Å². The van der Waals surface area contributed by atoms with Crippen LogP contribution in [-0.2, 0) is 0 Å². The van der Waals surface area contributed by atoms with Crippen molar-refractivity contribution < 1.29 is 9.21 Å². The Kier molecular flexibility index (Phi) is 4.33. The fourth-order valence-corrected chi connectivity index (χ4v) is 4.20. The summed E-state index contributed by atoms with van der Waals surface area (Å²) in [5.74, 6) is 0.196. The third-order valence-corrected chi connectivity index (χ3v) is 5.89. The number of aromatic nitrogens is 1. The molecule has 0 spiro atoms. The molecular formula is C24H17BrN2O3. The summed E-state index contributed by atoms with van der Waals surface area (Å²) >= 11 is 3.45. The van der Waals surface area contributed by atoms with Crippen molar-refractivity contribution in [2.45, 2.75) is 19.9 Å². The molecule has 0 bridgehead atoms. The number of hydrogen-bond acceptors (Lipinski definition) is 4. The average Bonchev–Trinajstić information content (AvgIpc) is 3.02. The number of amides is 1. The van der Waals surface area contributed by atoms with E-state index in [0.717, 1.165) is 21.2 Å². The second-order valence-corrected chi connectivity index (χ2v) is 8.41. The van der Waals surface area contributed by atoms with Gasteiger partial charge in [0.05, 0.1) is 17.0 Å². The summed E-state index contributed by atoms with van der Waals surface area (Å²) in [6, 6.07) is 16.1. The third-order valence-electron chi connectivity index (χ3n) is 5.36. The predicted octanol–water partition coefficient (Wildman–Crippen LogP) is 5.32. The highest BCUT2D eigenvalue weighted by Crippen LogP contribution is 2.40. The number of rotatable bonds is 2. The molecule has 1 aliphatic rings. The molecule has 0 saturated heterocycles. The molecule has 1 aliphatic heterocycles. The van der Waals surface area contributed by atoms with Crippen LogP contribution in [0.5, 0.6) is 0 Å². The van der Waals surface area contributed by atoms with Crippen molar-refractivity contribution >= 4 is 38.6 Å². The number of anilines is 1. The second kappa shape index (κ2) is 6.92. The zero-order valence-electron chi connectivity index (χ0n) is 16.3. The first-order valence-corrected chi connectivity index (χ1v) is 10.3. The van der Waals surface area contributed by atoms with Gasteiger partial charge < -0.3 is 4.42 Å². The summed E-state index contributed by atoms with van der Waals surface area (Å²) in [7, 11) is 0. The van der Waals surface area contributed by atoms with E-state index in [1.807, 2.05) is 56.3 Å². The lowest BCUT2D eigenvalue weighted by Crippen LogP contribution is -2.30. The Balaban J connectivity index is 1.83. The number of pyridine rings is 1. The van der Waals surface area contributed by atoms with Gasteiger partial charge >= 0.3 is 0 Å². The van der Waals surface area contributed by atoms with E-state index >= 15 is 0 Å². The molecule has 1 atom stereocenters. The van der Waals surface area contributed by atoms with Crippen molar-refractivity contribution in [2.24, 2.45) is 0 Å². The minimum absolute atomic E-state index is 0.0765. The van der Waals surface area contributed by atoms with Crippen LogP contribution < -0.4 is 10.3 Å². The van der Waals surface area contributed by atoms with Crippen LogP contribution in [0.2, 0.25) is 0 Å². The van der Waals surface area contributed by atoms with Gasteiger partial charge in [0.2, 0.25) is 5.76 Å². The predicted molar refractivity (Wildman–Crippen MR) is 119 cm³/mol. The summed E-state index contributed by atoms with van der Waals surface area (Å²) in [5, 5.41) is 0.475. The molecule has 6 heteroatoms. The molecule has 30 heavy (non-hydrogen) atoms. The minimum Gasteiger partial charge on any atom is -0.450 e. The first-order valence-electron chi connectivity index (χ1n) is 9.53. The van der Waals surface area contributed by atoms with Crippen LogP contribution in [0.4, 0.5) is 5.82 Å². The Morgan fingerprint density at radius 1 is 0.967 bits per heavy atom. The van der Waals surface area contributed by atoms with Gasteiger partial charge in [0.15, 0.2) is 5.43 Å². The van der Waals surface area contributed by atoms with Gasteiger partial charge in [0.1, 0.15) is 11.4 Å². The number of nitrogens with zero attached hydrogens (tertiary/aromatic N) is 2. The molecule has 4 aromatic rings. The summed E-state index contributed by atoms with van der Waals surface area (Å²) in [6.45, 7) is 3.86. The van der Waals surface area contributed by atoms with E-state index < -0.39 is 6.04 Å². The van der Waals surface area contributed by atoms with Gasteiger partial charge in [0.25, 0.3) is 5.91 Å². The monoisotopic (exact) mass is 460 g/mol. The maximum Gasteiger partial charge on any atom is 0.296 e. The van der Waals surface area contributed by atoms with Crippen molar-refractivity contribution in [1.82, 2.24) is 4.98 Å². The summed E-state index contributed by atoms with van der Waals surface area (Å²) in [6.07, 6.45) is 1.66. The Hall–Kier alpha value is -3.25. The normalized spacial score (nSPS) is 15.6. The second-order valence-electron chi connectivity index (χ2n) is 7.49. The quantitative estimate of drug-likeness (QED) is 0.406. The van der Waals surface area contributed by atoms with E-state index in [1.165, 1.54) is 0 Å². The molecule has 0 N–H and O–H groups in total. The number of fused-ring (bicyclic) bond motifs is 2. The van der Waals surface area contributed by atoms with Gasteiger partial charge in [0, 0.05) is 10.7 Å². The number of aryl methyl sites for hydroxylation is 2. The maximum atomic E-state index is 13.5. The third kappa shape index (κ3) is 2.87. The topological polar surface area (TPSA) is 63.4 Å². The molecule has 2 aromatic carbocycles. The van der Waals surface area contributed by atoms with E-state index in [1.54, 1.807) is 23.2 Å². The van der Waals surface area contributed by atoms with Crippen molar-refractivity contribution in [1.29, 1.82) is 0 Å². The van der Waals surface area contributed by atoms with Crippen LogP contribution >= 0.6 is 15.9 Å². The molecule has 3 heterocycles. The van der Waals surface area contributed by atoms with E-state index in [2.05, 4.69) is 20.9 Å². The molecule has 5 rings (SSSR count). The molecule has 0 fully saturated rings. The molecule has 0 aliphatic carbocycles. The molecule has 5 nitrogen and oxygen atoms in total. The maximum absolute atomic E-state index is 13.5. The van der Waals surface area contributed by atoms with Crippen LogP contribution in [0, 0.1) is 13.8 Å². The lowest BCUT2D eigenvalue weighted by Gasteiger charge is -2.24.